The van der Waals surface area contributed by atoms with Gasteiger partial charge in [-0.3, -0.25) is 0 Å². The predicted molar refractivity (Wildman–Crippen MR) is 69.4 cm³/mol. The number of nitrogen functional groups attached to an aromatic ring is 2. The van der Waals surface area contributed by atoms with Gasteiger partial charge in [-0.15, -0.1) is 0 Å². The molecule has 2 aromatic heterocycles. The summed E-state index contributed by atoms with van der Waals surface area (Å²) in [6.07, 6.45) is 1.90. The number of hydrogen-bond donors (Lipinski definition) is 2. The molecule has 12 nitrogen and oxygen atoms in total. The van der Waals surface area contributed by atoms with Crippen LogP contribution >= 0.6 is 0 Å². The quantitative estimate of drug-likeness (QED) is 0.449. The Balaban J connectivity index is 1.90. The number of carbonyl (C=O) groups excluding carboxylic acids is 1. The van der Waals surface area contributed by atoms with Gasteiger partial charge in [0.25, 0.3) is 0 Å². The molecule has 0 radical (unpaired) electrons. The van der Waals surface area contributed by atoms with E-state index in [0.717, 1.165) is 6.42 Å². The van der Waals surface area contributed by atoms with Crippen molar-refractivity contribution in [1.29, 1.82) is 0 Å². The molecular formula is C9H16N10O2. The zero-order valence-electron chi connectivity index (χ0n) is 11.5. The molecule has 1 atom stereocenters. The summed E-state index contributed by atoms with van der Waals surface area (Å²) in [5, 5.41) is 21.4. The number of aryl methyl sites for hydroxylation is 1. The molecule has 2 heterocycles. The molecule has 0 aliphatic carbocycles. The Kier molecular flexibility index (Phi) is 4.58. The maximum Gasteiger partial charge on any atom is 0.330 e. The van der Waals surface area contributed by atoms with Crippen LogP contribution < -0.4 is 11.5 Å². The van der Waals surface area contributed by atoms with Crippen LogP contribution in [0.15, 0.2) is 0 Å². The molecule has 114 valence electrons. The Morgan fingerprint density at radius 3 is 2.48 bits per heavy atom. The Morgan fingerprint density at radius 2 is 1.90 bits per heavy atom. The minimum atomic E-state index is -0.656. The maximum atomic E-state index is 11.8. The second kappa shape index (κ2) is 6.58. The Bertz CT molecular complexity index is 593. The average Bonchev–Trinajstić information content (AvgIpc) is 3.07. The Labute approximate surface area is 119 Å². The summed E-state index contributed by atoms with van der Waals surface area (Å²) in [7, 11) is 1.30. The smallest absolute Gasteiger partial charge is 0.330 e. The number of nitrogens with two attached hydrogens (primary N) is 2. The number of hydrogen-bond acceptors (Lipinski definition) is 10. The number of esters is 1. The first kappa shape index (κ1) is 14.6. The number of anilines is 2. The van der Waals surface area contributed by atoms with Gasteiger partial charge in [-0.05, 0) is 40.1 Å². The SMILES string of the molecule is COC(=O)C(CCCCn1nnnc1N)n1nnnc1N. The van der Waals surface area contributed by atoms with E-state index in [1.165, 1.54) is 16.5 Å². The van der Waals surface area contributed by atoms with E-state index in [-0.39, 0.29) is 11.9 Å². The van der Waals surface area contributed by atoms with Crippen LogP contribution in [-0.2, 0) is 16.1 Å². The fourth-order valence-electron chi connectivity index (χ4n) is 1.87. The van der Waals surface area contributed by atoms with Crippen LogP contribution in [0.1, 0.15) is 25.3 Å². The highest BCUT2D eigenvalue weighted by Gasteiger charge is 2.24. The number of tetrazole rings is 2. The van der Waals surface area contributed by atoms with Gasteiger partial charge in [0.05, 0.1) is 7.11 Å². The minimum Gasteiger partial charge on any atom is -0.467 e. The molecule has 0 aliphatic heterocycles. The largest absolute Gasteiger partial charge is 0.467 e. The number of aromatic nitrogens is 8. The van der Waals surface area contributed by atoms with Crippen molar-refractivity contribution in [1.82, 2.24) is 40.4 Å². The van der Waals surface area contributed by atoms with Crippen molar-refractivity contribution in [3.05, 3.63) is 0 Å². The lowest BCUT2D eigenvalue weighted by molar-refractivity contribution is -0.145. The van der Waals surface area contributed by atoms with Crippen molar-refractivity contribution < 1.29 is 9.53 Å². The molecule has 0 saturated carbocycles. The van der Waals surface area contributed by atoms with E-state index >= 15 is 0 Å². The fourth-order valence-corrected chi connectivity index (χ4v) is 1.87. The molecule has 0 fully saturated rings. The van der Waals surface area contributed by atoms with Crippen LogP contribution in [0.4, 0.5) is 11.9 Å². The highest BCUT2D eigenvalue weighted by Crippen LogP contribution is 2.18. The number of carbonyl (C=O) groups is 1. The lowest BCUT2D eigenvalue weighted by atomic mass is 10.1. The molecule has 12 heteroatoms. The topological polar surface area (TPSA) is 166 Å². The van der Waals surface area contributed by atoms with Gasteiger partial charge in [-0.25, -0.2) is 9.48 Å². The predicted octanol–water partition coefficient (Wildman–Crippen LogP) is -1.59. The molecule has 0 aliphatic rings. The van der Waals surface area contributed by atoms with Gasteiger partial charge < -0.3 is 16.2 Å². The lowest BCUT2D eigenvalue weighted by Gasteiger charge is -2.14. The van der Waals surface area contributed by atoms with Gasteiger partial charge in [-0.1, -0.05) is 10.2 Å². The van der Waals surface area contributed by atoms with Crippen molar-refractivity contribution in [2.24, 2.45) is 0 Å². The third-order valence-electron chi connectivity index (χ3n) is 2.94. The molecule has 0 spiro atoms. The molecular weight excluding hydrogens is 280 g/mol. The van der Waals surface area contributed by atoms with Crippen LogP contribution in [0.25, 0.3) is 0 Å². The van der Waals surface area contributed by atoms with Crippen molar-refractivity contribution >= 4 is 17.9 Å². The van der Waals surface area contributed by atoms with Crippen LogP contribution in [0.3, 0.4) is 0 Å². The third-order valence-corrected chi connectivity index (χ3v) is 2.94. The Morgan fingerprint density at radius 1 is 1.19 bits per heavy atom. The molecule has 1 unspecified atom stereocenters. The average molecular weight is 296 g/mol. The second-order valence-electron chi connectivity index (χ2n) is 4.28. The van der Waals surface area contributed by atoms with E-state index in [9.17, 15) is 4.79 Å². The van der Waals surface area contributed by atoms with Crippen LogP contribution in [0.2, 0.25) is 0 Å². The molecule has 4 N–H and O–H groups in total. The van der Waals surface area contributed by atoms with Gasteiger partial charge >= 0.3 is 5.97 Å². The van der Waals surface area contributed by atoms with Crippen molar-refractivity contribution in [2.45, 2.75) is 31.8 Å². The van der Waals surface area contributed by atoms with E-state index in [1.807, 2.05) is 0 Å². The lowest BCUT2D eigenvalue weighted by Crippen LogP contribution is -2.23. The summed E-state index contributed by atoms with van der Waals surface area (Å²) in [5.74, 6) is -0.129. The first-order valence-corrected chi connectivity index (χ1v) is 6.26. The van der Waals surface area contributed by atoms with E-state index < -0.39 is 12.0 Å². The summed E-state index contributed by atoms with van der Waals surface area (Å²) < 4.78 is 7.48. The zero-order valence-corrected chi connectivity index (χ0v) is 11.5. The standard InChI is InChI=1S/C9H16N10O2/c1-21-7(20)6(19-9(11)13-15-17-19)4-2-3-5-18-8(10)12-14-16-18/h6H,2-5H2,1H3,(H2,10,12,16)(H2,11,13,17). The maximum absolute atomic E-state index is 11.8. The van der Waals surface area contributed by atoms with Crippen LogP contribution in [0.5, 0.6) is 0 Å². The minimum absolute atomic E-state index is 0.0649. The van der Waals surface area contributed by atoms with Crippen LogP contribution in [0, 0.1) is 0 Å². The normalized spacial score (nSPS) is 12.2. The molecule has 0 saturated heterocycles. The Hall–Kier alpha value is -2.79. The first-order valence-electron chi connectivity index (χ1n) is 6.26. The van der Waals surface area contributed by atoms with Gasteiger partial charge in [0.2, 0.25) is 11.9 Å². The second-order valence-corrected chi connectivity index (χ2v) is 4.28. The highest BCUT2D eigenvalue weighted by molar-refractivity contribution is 5.74. The van der Waals surface area contributed by atoms with Crippen molar-refractivity contribution in [2.75, 3.05) is 18.6 Å². The molecule has 2 rings (SSSR count). The number of rotatable bonds is 7. The summed E-state index contributed by atoms with van der Waals surface area (Å²) in [5.41, 5.74) is 11.2. The first-order chi connectivity index (χ1) is 10.1. The van der Waals surface area contributed by atoms with Gasteiger partial charge in [0.1, 0.15) is 0 Å². The number of unbranched alkanes of at least 4 members (excludes halogenated alkanes) is 1. The molecule has 0 amide bonds. The number of methoxy groups -OCH3 is 1. The molecule has 0 aromatic carbocycles. The summed E-state index contributed by atoms with van der Waals surface area (Å²) in [6.45, 7) is 0.553. The van der Waals surface area contributed by atoms with Gasteiger partial charge in [-0.2, -0.15) is 4.68 Å². The summed E-state index contributed by atoms with van der Waals surface area (Å²) >= 11 is 0. The molecule has 21 heavy (non-hydrogen) atoms. The van der Waals surface area contributed by atoms with E-state index in [2.05, 4.69) is 31.1 Å². The zero-order chi connectivity index (χ0) is 15.2. The highest BCUT2D eigenvalue weighted by atomic mass is 16.5. The van der Waals surface area contributed by atoms with Gasteiger partial charge in [0.15, 0.2) is 6.04 Å². The molecule has 2 aromatic rings. The third kappa shape index (κ3) is 3.40. The van der Waals surface area contributed by atoms with Crippen molar-refractivity contribution in [3.8, 4) is 0 Å². The van der Waals surface area contributed by atoms with Crippen LogP contribution in [-0.4, -0.2) is 53.5 Å². The summed E-state index contributed by atoms with van der Waals surface area (Å²) in [6, 6.07) is -0.656. The van der Waals surface area contributed by atoms with E-state index in [4.69, 9.17) is 16.2 Å². The number of ether oxygens (including phenoxy) is 1. The number of nitrogens with zero attached hydrogens (tertiary/aromatic N) is 8. The molecule has 0 bridgehead atoms. The van der Waals surface area contributed by atoms with Gasteiger partial charge in [0, 0.05) is 6.54 Å². The van der Waals surface area contributed by atoms with E-state index in [1.54, 1.807) is 0 Å². The fraction of sp³-hybridized carbons (Fsp3) is 0.667. The summed E-state index contributed by atoms with van der Waals surface area (Å²) in [4.78, 5) is 11.8. The monoisotopic (exact) mass is 296 g/mol. The van der Waals surface area contributed by atoms with Crippen molar-refractivity contribution in [3.63, 3.8) is 0 Å². The van der Waals surface area contributed by atoms with E-state index in [0.29, 0.717) is 19.4 Å².